The minimum atomic E-state index is -1.35. The molecule has 0 spiro atoms. The van der Waals surface area contributed by atoms with Gasteiger partial charge in [0.2, 0.25) is 0 Å². The molecule has 0 saturated carbocycles. The minimum absolute atomic E-state index is 0. The van der Waals surface area contributed by atoms with Crippen LogP contribution in [-0.4, -0.2) is 14.9 Å². The van der Waals surface area contributed by atoms with Crippen LogP contribution in [0.15, 0.2) is 24.3 Å². The Morgan fingerprint density at radius 3 is 2.41 bits per heavy atom. The number of benzene rings is 1. The molecule has 0 amide bonds. The molecule has 0 N–H and O–H groups in total. The fraction of sp³-hybridized carbons (Fsp3) is 0.571. The minimum Gasteiger partial charge on any atom is -1.00 e. The van der Waals surface area contributed by atoms with Gasteiger partial charge < -0.3 is 5.85 Å². The van der Waals surface area contributed by atoms with Gasteiger partial charge in [0.15, 0.2) is 8.32 Å². The van der Waals surface area contributed by atoms with E-state index in [1.807, 2.05) is 0 Å². The van der Waals surface area contributed by atoms with E-state index in [2.05, 4.69) is 57.8 Å². The molecule has 17 heavy (non-hydrogen) atoms. The van der Waals surface area contributed by atoms with Gasteiger partial charge in [-0.05, 0) is 43.1 Å². The van der Waals surface area contributed by atoms with E-state index < -0.39 is 8.32 Å². The summed E-state index contributed by atoms with van der Waals surface area (Å²) in [6, 6.07) is 8.85. The van der Waals surface area contributed by atoms with Crippen LogP contribution in [0, 0.1) is 0 Å². The van der Waals surface area contributed by atoms with Gasteiger partial charge in [-0.2, -0.15) is 0 Å². The standard InChI is InChI=1S/C14H24OSi.K.H/c1-12(2)14-8-6-7-13(11-14)9-10-15-16(3,4)5;;/h6-8,11-12H,9-10H2,1-5H3;;/q;+1;-1. The van der Waals surface area contributed by atoms with Crippen LogP contribution in [0.4, 0.5) is 0 Å². The van der Waals surface area contributed by atoms with Crippen molar-refractivity contribution in [2.24, 2.45) is 0 Å². The van der Waals surface area contributed by atoms with E-state index in [0.29, 0.717) is 5.92 Å². The van der Waals surface area contributed by atoms with Crippen LogP contribution in [0.25, 0.3) is 0 Å². The molecule has 0 atom stereocenters. The van der Waals surface area contributed by atoms with Gasteiger partial charge in [-0.3, -0.25) is 0 Å². The number of hydrogen-bond acceptors (Lipinski definition) is 1. The molecule has 0 fully saturated rings. The van der Waals surface area contributed by atoms with E-state index >= 15 is 0 Å². The zero-order valence-electron chi connectivity index (χ0n) is 13.2. The first-order valence-electron chi connectivity index (χ1n) is 6.11. The fourth-order valence-electron chi connectivity index (χ4n) is 1.58. The van der Waals surface area contributed by atoms with Crippen molar-refractivity contribution in [3.63, 3.8) is 0 Å². The van der Waals surface area contributed by atoms with E-state index in [4.69, 9.17) is 4.43 Å². The van der Waals surface area contributed by atoms with Gasteiger partial charge in [0.25, 0.3) is 0 Å². The molecule has 1 nitrogen and oxygen atoms in total. The largest absolute Gasteiger partial charge is 1.00 e. The van der Waals surface area contributed by atoms with Crippen molar-refractivity contribution in [3.8, 4) is 0 Å². The average molecular weight is 277 g/mol. The summed E-state index contributed by atoms with van der Waals surface area (Å²) < 4.78 is 5.87. The van der Waals surface area contributed by atoms with Gasteiger partial charge in [-0.15, -0.1) is 0 Å². The Morgan fingerprint density at radius 2 is 1.88 bits per heavy atom. The molecule has 3 heteroatoms. The second-order valence-electron chi connectivity index (χ2n) is 5.61. The normalized spacial score (nSPS) is 11.4. The van der Waals surface area contributed by atoms with Crippen LogP contribution in [0.5, 0.6) is 0 Å². The molecular formula is C14H25KOSi. The molecule has 0 bridgehead atoms. The maximum Gasteiger partial charge on any atom is 1.00 e. The second kappa shape index (κ2) is 8.25. The molecule has 0 aliphatic heterocycles. The molecule has 1 aromatic carbocycles. The molecule has 0 unspecified atom stereocenters. The first kappa shape index (κ1) is 18.0. The van der Waals surface area contributed by atoms with Crippen LogP contribution in [0.2, 0.25) is 19.6 Å². The summed E-state index contributed by atoms with van der Waals surface area (Å²) in [5.41, 5.74) is 2.81. The molecule has 1 rings (SSSR count). The predicted octanol–water partition coefficient (Wildman–Crippen LogP) is 1.32. The van der Waals surface area contributed by atoms with Crippen molar-refractivity contribution in [1.29, 1.82) is 0 Å². The molecule has 0 saturated heterocycles. The summed E-state index contributed by atoms with van der Waals surface area (Å²) >= 11 is 0. The second-order valence-corrected chi connectivity index (χ2v) is 10.1. The first-order chi connectivity index (χ1) is 7.38. The zero-order valence-corrected chi connectivity index (χ0v) is 16.3. The number of hydrogen-bond donors (Lipinski definition) is 0. The van der Waals surface area contributed by atoms with Gasteiger partial charge in [-0.1, -0.05) is 38.1 Å². The third-order valence-corrected chi connectivity index (χ3v) is 3.61. The van der Waals surface area contributed by atoms with E-state index in [9.17, 15) is 0 Å². The topological polar surface area (TPSA) is 9.23 Å². The van der Waals surface area contributed by atoms with Crippen molar-refractivity contribution in [2.45, 2.75) is 45.8 Å². The summed E-state index contributed by atoms with van der Waals surface area (Å²) in [6.45, 7) is 12.0. The third-order valence-electron chi connectivity index (χ3n) is 2.54. The molecule has 0 aliphatic carbocycles. The molecule has 0 aromatic heterocycles. The van der Waals surface area contributed by atoms with Gasteiger partial charge in [0, 0.05) is 6.61 Å². The maximum atomic E-state index is 5.87. The van der Waals surface area contributed by atoms with Crippen LogP contribution >= 0.6 is 0 Å². The summed E-state index contributed by atoms with van der Waals surface area (Å²) in [5, 5.41) is 0. The van der Waals surface area contributed by atoms with Gasteiger partial charge in [-0.25, -0.2) is 0 Å². The Kier molecular flexibility index (Phi) is 8.75. The van der Waals surface area contributed by atoms with Crippen LogP contribution in [0.1, 0.15) is 32.3 Å². The van der Waals surface area contributed by atoms with Crippen molar-refractivity contribution in [2.75, 3.05) is 6.61 Å². The van der Waals surface area contributed by atoms with E-state index in [1.54, 1.807) is 0 Å². The molecule has 92 valence electrons. The molecule has 1 aromatic rings. The maximum absolute atomic E-state index is 5.87. The Balaban J connectivity index is 0. The van der Waals surface area contributed by atoms with Crippen molar-refractivity contribution >= 4 is 8.32 Å². The van der Waals surface area contributed by atoms with E-state index in [1.165, 1.54) is 11.1 Å². The zero-order chi connectivity index (χ0) is 12.2. The Labute approximate surface area is 151 Å². The number of rotatable bonds is 5. The fourth-order valence-corrected chi connectivity index (χ4v) is 2.30. The molecule has 0 heterocycles. The van der Waals surface area contributed by atoms with Gasteiger partial charge in [0.1, 0.15) is 0 Å². The van der Waals surface area contributed by atoms with Gasteiger partial charge in [0.05, 0.1) is 0 Å². The summed E-state index contributed by atoms with van der Waals surface area (Å²) in [5.74, 6) is 0.609. The summed E-state index contributed by atoms with van der Waals surface area (Å²) in [6.07, 6.45) is 1.03. The van der Waals surface area contributed by atoms with Crippen LogP contribution in [0.3, 0.4) is 0 Å². The van der Waals surface area contributed by atoms with Crippen LogP contribution < -0.4 is 51.4 Å². The SMILES string of the molecule is CC(C)c1cccc(CCO[Si](C)(C)C)c1.[H-].[K+]. The predicted molar refractivity (Wildman–Crippen MR) is 74.6 cm³/mol. The summed E-state index contributed by atoms with van der Waals surface area (Å²) in [4.78, 5) is 0. The van der Waals surface area contributed by atoms with E-state index in [0.717, 1.165) is 13.0 Å². The first-order valence-corrected chi connectivity index (χ1v) is 9.52. The molecular weight excluding hydrogens is 251 g/mol. The molecule has 0 radical (unpaired) electrons. The smallest absolute Gasteiger partial charge is 1.00 e. The molecule has 0 aliphatic rings. The van der Waals surface area contributed by atoms with Crippen LogP contribution in [-0.2, 0) is 10.8 Å². The summed E-state index contributed by atoms with van der Waals surface area (Å²) in [7, 11) is -1.35. The average Bonchev–Trinajstić information content (AvgIpc) is 2.16. The van der Waals surface area contributed by atoms with Crippen molar-refractivity contribution in [1.82, 2.24) is 0 Å². The van der Waals surface area contributed by atoms with Crippen molar-refractivity contribution in [3.05, 3.63) is 35.4 Å². The van der Waals surface area contributed by atoms with Crippen molar-refractivity contribution < 1.29 is 57.2 Å². The third kappa shape index (κ3) is 7.93. The Bertz CT molecular complexity index is 337. The van der Waals surface area contributed by atoms with E-state index in [-0.39, 0.29) is 52.8 Å². The monoisotopic (exact) mass is 276 g/mol. The Morgan fingerprint density at radius 1 is 1.24 bits per heavy atom. The quantitative estimate of drug-likeness (QED) is 0.737. The van der Waals surface area contributed by atoms with Gasteiger partial charge >= 0.3 is 51.4 Å². The Hall–Kier alpha value is 1.03.